The maximum atomic E-state index is 12.4. The Morgan fingerprint density at radius 2 is 1.15 bits per heavy atom. The highest BCUT2D eigenvalue weighted by Crippen LogP contribution is 2.39. The van der Waals surface area contributed by atoms with Crippen molar-refractivity contribution in [2.45, 2.75) is 62.7 Å². The van der Waals surface area contributed by atoms with E-state index in [9.17, 15) is 34.5 Å². The lowest BCUT2D eigenvalue weighted by molar-refractivity contribution is -0.0534. The van der Waals surface area contributed by atoms with Crippen molar-refractivity contribution in [1.82, 2.24) is 19.1 Å². The number of benzene rings is 2. The van der Waals surface area contributed by atoms with Crippen molar-refractivity contribution >= 4 is 18.7 Å². The zero-order chi connectivity index (χ0) is 39.9. The van der Waals surface area contributed by atoms with E-state index in [0.29, 0.717) is 0 Å². The van der Waals surface area contributed by atoms with E-state index in [2.05, 4.69) is 64.7 Å². The number of aliphatic hydroxyl groups is 3. The highest BCUT2D eigenvalue weighted by Gasteiger charge is 2.53. The molecular formula is C38H44N6O10Si. The standard InChI is InChI=1S/C27H31N3O5Si.C11H13N3O5/c1-27(2,3)36(19-11-7-5-8-12-19,20-13-9-6-10-14-20)34-18-22-21(17-28-4)24(32)25(35-22)30-16-15-23(31)29-26(30)33;1-12-4-6-7(5-15)19-10(9(6)17)14-3-2-8(16)13-11(14)18/h5-16,21-22,24-25,32H,17-18H2,1-3H3,(H,29,31,33);2-3,6-7,9-10,15,17H,4-5H2,(H,13,16,18)/t21-,22-,24-,25?;6-,7-,9-,10?/m11/s1. The number of nitrogens with one attached hydrogen (secondary N) is 2. The predicted molar refractivity (Wildman–Crippen MR) is 203 cm³/mol. The van der Waals surface area contributed by atoms with Gasteiger partial charge in [-0.15, -0.1) is 0 Å². The van der Waals surface area contributed by atoms with Crippen molar-refractivity contribution in [1.29, 1.82) is 0 Å². The van der Waals surface area contributed by atoms with E-state index in [1.807, 2.05) is 36.4 Å². The molecule has 5 N–H and O–H groups in total. The summed E-state index contributed by atoms with van der Waals surface area (Å²) in [5.74, 6) is -1.14. The van der Waals surface area contributed by atoms with Crippen LogP contribution in [-0.2, 0) is 13.9 Å². The molecule has 16 nitrogen and oxygen atoms in total. The molecule has 0 aliphatic carbocycles. The predicted octanol–water partition coefficient (Wildman–Crippen LogP) is 0.230. The first kappa shape index (κ1) is 40.9. The molecule has 0 bridgehead atoms. The van der Waals surface area contributed by atoms with E-state index in [-0.39, 0.29) is 31.3 Å². The quantitative estimate of drug-likeness (QED) is 0.110. The van der Waals surface area contributed by atoms with Crippen LogP contribution in [0.3, 0.4) is 0 Å². The number of nitrogens with zero attached hydrogens (tertiary/aromatic N) is 4. The van der Waals surface area contributed by atoms with E-state index in [1.165, 1.54) is 18.5 Å². The number of rotatable bonds is 10. The van der Waals surface area contributed by atoms with Gasteiger partial charge in [0, 0.05) is 24.5 Å². The van der Waals surface area contributed by atoms with Crippen LogP contribution in [0.5, 0.6) is 0 Å². The van der Waals surface area contributed by atoms with Crippen LogP contribution in [0.15, 0.2) is 104 Å². The molecule has 6 rings (SSSR count). The van der Waals surface area contributed by atoms with Crippen molar-refractivity contribution in [2.75, 3.05) is 26.3 Å². The average Bonchev–Trinajstić information content (AvgIpc) is 3.64. The van der Waals surface area contributed by atoms with Crippen molar-refractivity contribution in [3.8, 4) is 0 Å². The molecule has 17 heteroatoms. The Bertz CT molecular complexity index is 2180. The lowest BCUT2D eigenvalue weighted by Gasteiger charge is -2.43. The van der Waals surface area contributed by atoms with Gasteiger partial charge in [0.05, 0.1) is 37.3 Å². The topological polar surface area (TPSA) is 207 Å². The molecule has 0 spiro atoms. The maximum Gasteiger partial charge on any atom is 0.330 e. The van der Waals surface area contributed by atoms with Gasteiger partial charge in [-0.25, -0.2) is 22.7 Å². The second-order valence-corrected chi connectivity index (χ2v) is 18.6. The highest BCUT2D eigenvalue weighted by atomic mass is 28.4. The summed E-state index contributed by atoms with van der Waals surface area (Å²) in [6.07, 6.45) is -3.10. The summed E-state index contributed by atoms with van der Waals surface area (Å²) < 4.78 is 20.7. The Kier molecular flexibility index (Phi) is 13.0. The third-order valence-corrected chi connectivity index (χ3v) is 15.0. The summed E-state index contributed by atoms with van der Waals surface area (Å²) in [6, 6.07) is 22.7. The fourth-order valence-corrected chi connectivity index (χ4v) is 11.8. The third kappa shape index (κ3) is 8.53. The van der Waals surface area contributed by atoms with E-state index in [0.717, 1.165) is 25.6 Å². The molecule has 290 valence electrons. The van der Waals surface area contributed by atoms with Gasteiger partial charge in [-0.3, -0.25) is 28.7 Å². The molecule has 2 aliphatic heterocycles. The molecule has 2 saturated heterocycles. The molecule has 2 aliphatic rings. The van der Waals surface area contributed by atoms with Crippen LogP contribution in [0.25, 0.3) is 9.69 Å². The molecule has 0 amide bonds. The smallest absolute Gasteiger partial charge is 0.330 e. The normalized spacial score (nSPS) is 25.0. The van der Waals surface area contributed by atoms with Gasteiger partial charge in [0.25, 0.3) is 19.4 Å². The zero-order valence-electron chi connectivity index (χ0n) is 30.5. The van der Waals surface area contributed by atoms with Crippen LogP contribution in [-0.4, -0.2) is 93.5 Å². The highest BCUT2D eigenvalue weighted by molar-refractivity contribution is 6.99. The zero-order valence-corrected chi connectivity index (χ0v) is 31.5. The molecule has 4 aromatic rings. The summed E-state index contributed by atoms with van der Waals surface area (Å²) in [6.45, 7) is 20.5. The minimum atomic E-state index is -2.87. The van der Waals surface area contributed by atoms with Crippen LogP contribution in [0, 0.1) is 25.0 Å². The van der Waals surface area contributed by atoms with Crippen LogP contribution in [0.2, 0.25) is 5.04 Å². The SMILES string of the molecule is [C-]#[N+]C[C@@H]1[C@@H](CO)OC(n2ccc(=O)[nH]c2=O)[C@@H]1O.[C-]#[N+]C[C@@H]1[C@@H](CO[Si](c2ccccc2)(c2ccccc2)C(C)(C)C)OC(n2ccc(=O)[nH]c2=O)[C@@H]1O. The van der Waals surface area contributed by atoms with Gasteiger partial charge in [0.15, 0.2) is 12.5 Å². The molecule has 2 unspecified atom stereocenters. The Morgan fingerprint density at radius 3 is 1.53 bits per heavy atom. The average molecular weight is 773 g/mol. The van der Waals surface area contributed by atoms with E-state index >= 15 is 0 Å². The van der Waals surface area contributed by atoms with Crippen molar-refractivity contribution in [3.05, 3.63) is 150 Å². The van der Waals surface area contributed by atoms with E-state index in [1.54, 1.807) is 0 Å². The fraction of sp³-hybridized carbons (Fsp3) is 0.421. The lowest BCUT2D eigenvalue weighted by Crippen LogP contribution is -2.67. The molecule has 55 heavy (non-hydrogen) atoms. The van der Waals surface area contributed by atoms with Gasteiger partial charge in [0.2, 0.25) is 13.1 Å². The number of hydrogen-bond donors (Lipinski definition) is 5. The largest absolute Gasteiger partial charge is 0.405 e. The van der Waals surface area contributed by atoms with Gasteiger partial charge >= 0.3 is 11.4 Å². The van der Waals surface area contributed by atoms with E-state index in [4.69, 9.17) is 27.0 Å². The number of H-pyrrole nitrogens is 2. The number of hydrogen-bond acceptors (Lipinski definition) is 10. The Labute approximate surface area is 317 Å². The van der Waals surface area contributed by atoms with Crippen LogP contribution < -0.4 is 32.9 Å². The van der Waals surface area contributed by atoms with Crippen LogP contribution in [0.1, 0.15) is 33.2 Å². The molecule has 2 fully saturated rings. The summed E-state index contributed by atoms with van der Waals surface area (Å²) in [7, 11) is -2.87. The second-order valence-electron chi connectivity index (χ2n) is 14.3. The summed E-state index contributed by atoms with van der Waals surface area (Å²) in [4.78, 5) is 57.5. The van der Waals surface area contributed by atoms with Gasteiger partial charge in [-0.1, -0.05) is 81.4 Å². The molecular weight excluding hydrogens is 729 g/mol. The van der Waals surface area contributed by atoms with Gasteiger partial charge in [-0.05, 0) is 15.4 Å². The third-order valence-electron chi connectivity index (χ3n) is 9.96. The molecule has 8 atom stereocenters. The number of ether oxygens (including phenoxy) is 2. The first-order valence-electron chi connectivity index (χ1n) is 17.6. The van der Waals surface area contributed by atoms with Crippen molar-refractivity contribution in [3.63, 3.8) is 0 Å². The molecule has 2 aromatic carbocycles. The summed E-state index contributed by atoms with van der Waals surface area (Å²) in [5, 5.41) is 32.3. The molecule has 0 radical (unpaired) electrons. The van der Waals surface area contributed by atoms with Gasteiger partial charge < -0.3 is 38.9 Å². The monoisotopic (exact) mass is 772 g/mol. The Balaban J connectivity index is 0.000000256. The Morgan fingerprint density at radius 1 is 0.727 bits per heavy atom. The number of aromatic amines is 2. The number of aliphatic hydroxyl groups excluding tert-OH is 3. The van der Waals surface area contributed by atoms with Crippen LogP contribution in [0.4, 0.5) is 0 Å². The van der Waals surface area contributed by atoms with Gasteiger partial charge in [0.1, 0.15) is 12.2 Å². The van der Waals surface area contributed by atoms with Crippen molar-refractivity contribution in [2.24, 2.45) is 11.8 Å². The first-order valence-corrected chi connectivity index (χ1v) is 19.5. The summed E-state index contributed by atoms with van der Waals surface area (Å²) in [5.41, 5.74) is -2.48. The second kappa shape index (κ2) is 17.5. The Hall–Kier alpha value is -5.24. The molecule has 0 saturated carbocycles. The first-order chi connectivity index (χ1) is 26.3. The lowest BCUT2D eigenvalue weighted by atomic mass is 9.98. The molecule has 2 aromatic heterocycles. The number of aromatic nitrogens is 4. The minimum absolute atomic E-state index is 0.0129. The fourth-order valence-electron chi connectivity index (χ4n) is 7.27. The maximum absolute atomic E-state index is 12.4. The minimum Gasteiger partial charge on any atom is -0.405 e. The van der Waals surface area contributed by atoms with E-state index < -0.39 is 79.5 Å². The molecule has 4 heterocycles. The summed E-state index contributed by atoms with van der Waals surface area (Å²) >= 11 is 0. The van der Waals surface area contributed by atoms with Gasteiger partial charge in [-0.2, -0.15) is 0 Å². The van der Waals surface area contributed by atoms with Crippen LogP contribution >= 0.6 is 0 Å². The van der Waals surface area contributed by atoms with Crippen molar-refractivity contribution < 1.29 is 29.2 Å².